The summed E-state index contributed by atoms with van der Waals surface area (Å²) in [6.45, 7) is 0. The summed E-state index contributed by atoms with van der Waals surface area (Å²) < 4.78 is 29.1. The van der Waals surface area contributed by atoms with Gasteiger partial charge in [0.05, 0.1) is 6.20 Å². The Morgan fingerprint density at radius 3 is 2.56 bits per heavy atom. The van der Waals surface area contributed by atoms with E-state index in [1.165, 1.54) is 29.9 Å². The first kappa shape index (κ1) is 16.4. The number of nitrogens with one attached hydrogen (secondary N) is 4. The Balaban J connectivity index is 2.06. The highest BCUT2D eigenvalue weighted by atomic mass is 19.1. The molecule has 0 aliphatic carbocycles. The highest BCUT2D eigenvalue weighted by Gasteiger charge is 2.15. The van der Waals surface area contributed by atoms with Gasteiger partial charge in [0.1, 0.15) is 34.6 Å². The SMILES string of the molecule is CNC(=O)Nc1cnn2c(NC)cc(Nc3c(F)cccc3F)nc12. The number of para-hydroxylation sites is 1. The molecule has 0 unspecified atom stereocenters. The lowest BCUT2D eigenvalue weighted by molar-refractivity contribution is 0.254. The predicted molar refractivity (Wildman–Crippen MR) is 90.3 cm³/mol. The van der Waals surface area contributed by atoms with Gasteiger partial charge in [0.15, 0.2) is 5.65 Å². The van der Waals surface area contributed by atoms with Gasteiger partial charge in [-0.05, 0) is 12.1 Å². The van der Waals surface area contributed by atoms with Crippen molar-refractivity contribution in [2.24, 2.45) is 0 Å². The van der Waals surface area contributed by atoms with Crippen molar-refractivity contribution in [2.45, 2.75) is 0 Å². The first-order valence-electron chi connectivity index (χ1n) is 7.29. The van der Waals surface area contributed by atoms with Crippen LogP contribution in [0, 0.1) is 11.6 Å². The molecule has 0 aliphatic heterocycles. The van der Waals surface area contributed by atoms with Crippen LogP contribution in [0.2, 0.25) is 0 Å². The van der Waals surface area contributed by atoms with E-state index in [0.29, 0.717) is 17.2 Å². The molecule has 3 aromatic rings. The first-order valence-corrected chi connectivity index (χ1v) is 7.29. The van der Waals surface area contributed by atoms with Crippen molar-refractivity contribution in [1.82, 2.24) is 19.9 Å². The molecule has 10 heteroatoms. The van der Waals surface area contributed by atoms with Crippen LogP contribution in [0.5, 0.6) is 0 Å². The van der Waals surface area contributed by atoms with Crippen LogP contribution in [0.4, 0.5) is 36.6 Å². The van der Waals surface area contributed by atoms with E-state index in [4.69, 9.17) is 0 Å². The number of nitrogens with zero attached hydrogens (tertiary/aromatic N) is 3. The number of rotatable bonds is 4. The molecule has 2 amide bonds. The van der Waals surface area contributed by atoms with Crippen molar-refractivity contribution in [2.75, 3.05) is 30.0 Å². The van der Waals surface area contributed by atoms with E-state index in [2.05, 4.69) is 31.3 Å². The van der Waals surface area contributed by atoms with Gasteiger partial charge < -0.3 is 21.3 Å². The molecule has 4 N–H and O–H groups in total. The summed E-state index contributed by atoms with van der Waals surface area (Å²) in [4.78, 5) is 15.8. The minimum Gasteiger partial charge on any atom is -0.373 e. The van der Waals surface area contributed by atoms with Gasteiger partial charge in [-0.3, -0.25) is 0 Å². The maximum atomic E-state index is 13.8. The van der Waals surface area contributed by atoms with Crippen LogP contribution >= 0.6 is 0 Å². The Hall–Kier alpha value is -3.43. The summed E-state index contributed by atoms with van der Waals surface area (Å²) in [6, 6.07) is 4.64. The molecule has 0 saturated carbocycles. The smallest absolute Gasteiger partial charge is 0.319 e. The molecule has 130 valence electrons. The average Bonchev–Trinajstić information content (AvgIpc) is 3.00. The van der Waals surface area contributed by atoms with Crippen molar-refractivity contribution in [3.05, 3.63) is 42.1 Å². The number of anilines is 4. The number of hydrogen-bond acceptors (Lipinski definition) is 5. The van der Waals surface area contributed by atoms with Crippen molar-refractivity contribution in [3.8, 4) is 0 Å². The minimum absolute atomic E-state index is 0.182. The van der Waals surface area contributed by atoms with E-state index >= 15 is 0 Å². The molecule has 8 nitrogen and oxygen atoms in total. The van der Waals surface area contributed by atoms with Gasteiger partial charge in [-0.15, -0.1) is 0 Å². The average molecular weight is 347 g/mol. The van der Waals surface area contributed by atoms with Crippen LogP contribution in [0.1, 0.15) is 0 Å². The molecule has 2 heterocycles. The Bertz CT molecular complexity index is 921. The van der Waals surface area contributed by atoms with Gasteiger partial charge in [-0.2, -0.15) is 9.61 Å². The Labute approximate surface area is 141 Å². The zero-order chi connectivity index (χ0) is 18.0. The Kier molecular flexibility index (Phi) is 4.33. The molecule has 0 spiro atoms. The highest BCUT2D eigenvalue weighted by Crippen LogP contribution is 2.26. The molecular weight excluding hydrogens is 332 g/mol. The minimum atomic E-state index is -0.745. The third kappa shape index (κ3) is 3.13. The summed E-state index contributed by atoms with van der Waals surface area (Å²) >= 11 is 0. The monoisotopic (exact) mass is 347 g/mol. The fourth-order valence-electron chi connectivity index (χ4n) is 2.22. The molecule has 0 fully saturated rings. The number of urea groups is 1. The summed E-state index contributed by atoms with van der Waals surface area (Å²) in [5.41, 5.74) is 0.324. The molecule has 0 bridgehead atoms. The fraction of sp³-hybridized carbons (Fsp3) is 0.133. The van der Waals surface area contributed by atoms with Crippen LogP contribution in [0.15, 0.2) is 30.5 Å². The van der Waals surface area contributed by atoms with E-state index in [9.17, 15) is 13.6 Å². The van der Waals surface area contributed by atoms with Crippen LogP contribution in [0.3, 0.4) is 0 Å². The second-order valence-electron chi connectivity index (χ2n) is 5.00. The number of amides is 2. The van der Waals surface area contributed by atoms with Crippen LogP contribution in [0.25, 0.3) is 5.65 Å². The highest BCUT2D eigenvalue weighted by molar-refractivity contribution is 5.93. The first-order chi connectivity index (χ1) is 12.0. The van der Waals surface area contributed by atoms with Gasteiger partial charge in [-0.25, -0.2) is 18.6 Å². The lowest BCUT2D eigenvalue weighted by atomic mass is 10.3. The van der Waals surface area contributed by atoms with Crippen LogP contribution in [-0.2, 0) is 0 Å². The largest absolute Gasteiger partial charge is 0.373 e. The third-order valence-corrected chi connectivity index (χ3v) is 3.42. The zero-order valence-corrected chi connectivity index (χ0v) is 13.4. The zero-order valence-electron chi connectivity index (χ0n) is 13.4. The van der Waals surface area contributed by atoms with E-state index < -0.39 is 17.7 Å². The summed E-state index contributed by atoms with van der Waals surface area (Å²) in [7, 11) is 3.14. The molecule has 2 aromatic heterocycles. The molecule has 0 radical (unpaired) electrons. The molecule has 0 aliphatic rings. The molecule has 3 rings (SSSR count). The van der Waals surface area contributed by atoms with Crippen molar-refractivity contribution in [3.63, 3.8) is 0 Å². The van der Waals surface area contributed by atoms with Gasteiger partial charge in [-0.1, -0.05) is 6.07 Å². The number of hydrogen-bond donors (Lipinski definition) is 4. The van der Waals surface area contributed by atoms with Gasteiger partial charge in [0.2, 0.25) is 0 Å². The van der Waals surface area contributed by atoms with Crippen molar-refractivity contribution < 1.29 is 13.6 Å². The van der Waals surface area contributed by atoms with E-state index in [1.807, 2.05) is 0 Å². The van der Waals surface area contributed by atoms with Crippen LogP contribution < -0.4 is 21.3 Å². The maximum absolute atomic E-state index is 13.8. The number of halogens is 2. The lowest BCUT2D eigenvalue weighted by Gasteiger charge is -2.11. The second-order valence-corrected chi connectivity index (χ2v) is 5.00. The van der Waals surface area contributed by atoms with Gasteiger partial charge in [0.25, 0.3) is 0 Å². The molecule has 1 aromatic carbocycles. The van der Waals surface area contributed by atoms with Gasteiger partial charge >= 0.3 is 6.03 Å². The maximum Gasteiger partial charge on any atom is 0.319 e. The van der Waals surface area contributed by atoms with E-state index in [0.717, 1.165) is 12.1 Å². The number of benzene rings is 1. The summed E-state index contributed by atoms with van der Waals surface area (Å²) in [5.74, 6) is -0.801. The standard InChI is InChI=1S/C15H15F2N7O/c1-18-12-6-11(22-13-8(16)4-3-5-9(13)17)23-14-10(7-20-24(12)14)21-15(25)19-2/h3-7,18H,1-2H3,(H,22,23)(H2,19,21,25). The number of aromatic nitrogens is 3. The Morgan fingerprint density at radius 2 is 1.92 bits per heavy atom. The quantitative estimate of drug-likeness (QED) is 0.582. The van der Waals surface area contributed by atoms with Crippen molar-refractivity contribution >= 4 is 34.7 Å². The second kappa shape index (κ2) is 6.59. The van der Waals surface area contributed by atoms with E-state index in [1.54, 1.807) is 7.05 Å². The summed E-state index contributed by atoms with van der Waals surface area (Å²) in [5, 5.41) is 14.7. The van der Waals surface area contributed by atoms with E-state index in [-0.39, 0.29) is 11.5 Å². The number of carbonyl (C=O) groups excluding carboxylic acids is 1. The molecule has 0 atom stereocenters. The normalized spacial score (nSPS) is 10.6. The fourth-order valence-corrected chi connectivity index (χ4v) is 2.22. The van der Waals surface area contributed by atoms with Gasteiger partial charge in [0, 0.05) is 20.2 Å². The molecule has 0 saturated heterocycles. The van der Waals surface area contributed by atoms with Crippen LogP contribution in [-0.4, -0.2) is 34.7 Å². The topological polar surface area (TPSA) is 95.4 Å². The Morgan fingerprint density at radius 1 is 1.20 bits per heavy atom. The lowest BCUT2D eigenvalue weighted by Crippen LogP contribution is -2.24. The van der Waals surface area contributed by atoms with Crippen molar-refractivity contribution in [1.29, 1.82) is 0 Å². The third-order valence-electron chi connectivity index (χ3n) is 3.42. The summed E-state index contributed by atoms with van der Waals surface area (Å²) in [6.07, 6.45) is 1.42. The number of carbonyl (C=O) groups is 1. The molecule has 25 heavy (non-hydrogen) atoms. The molecular formula is C15H15F2N7O. The number of fused-ring (bicyclic) bond motifs is 1. The predicted octanol–water partition coefficient (Wildman–Crippen LogP) is 2.54.